The molecular formula is C9H18N2O3. The summed E-state index contributed by atoms with van der Waals surface area (Å²) in [5.74, 6) is -0.0895. The summed E-state index contributed by atoms with van der Waals surface area (Å²) >= 11 is 0. The van der Waals surface area contributed by atoms with Gasteiger partial charge in [-0.2, -0.15) is 0 Å². The highest BCUT2D eigenvalue weighted by Crippen LogP contribution is 2.12. The van der Waals surface area contributed by atoms with Gasteiger partial charge in [-0.1, -0.05) is 0 Å². The van der Waals surface area contributed by atoms with Gasteiger partial charge in [-0.3, -0.25) is 4.79 Å². The van der Waals surface area contributed by atoms with Crippen molar-refractivity contribution in [1.29, 1.82) is 0 Å². The SMILES string of the molecule is NC(=O)C(O)CNCC1CCOCC1. The molecule has 0 saturated carbocycles. The smallest absolute Gasteiger partial charge is 0.247 e. The maximum absolute atomic E-state index is 10.5. The number of rotatable bonds is 5. The standard InChI is InChI=1S/C9H18N2O3/c10-9(13)8(12)6-11-5-7-1-3-14-4-2-7/h7-8,11-12H,1-6H2,(H2,10,13). The largest absolute Gasteiger partial charge is 0.382 e. The maximum Gasteiger partial charge on any atom is 0.247 e. The zero-order chi connectivity index (χ0) is 10.4. The van der Waals surface area contributed by atoms with Crippen LogP contribution in [0.15, 0.2) is 0 Å². The topological polar surface area (TPSA) is 84.6 Å². The van der Waals surface area contributed by atoms with Crippen LogP contribution in [0, 0.1) is 5.92 Å². The fourth-order valence-corrected chi connectivity index (χ4v) is 1.48. The Labute approximate surface area is 83.6 Å². The molecule has 1 rings (SSSR count). The molecule has 0 radical (unpaired) electrons. The van der Waals surface area contributed by atoms with E-state index in [0.717, 1.165) is 32.6 Å². The van der Waals surface area contributed by atoms with Gasteiger partial charge >= 0.3 is 0 Å². The van der Waals surface area contributed by atoms with Gasteiger partial charge in [-0.15, -0.1) is 0 Å². The van der Waals surface area contributed by atoms with Crippen LogP contribution in [-0.2, 0) is 9.53 Å². The van der Waals surface area contributed by atoms with Crippen molar-refractivity contribution in [2.45, 2.75) is 18.9 Å². The molecule has 1 amide bonds. The van der Waals surface area contributed by atoms with Crippen LogP contribution in [0.5, 0.6) is 0 Å². The highest BCUT2D eigenvalue weighted by atomic mass is 16.5. The first-order valence-corrected chi connectivity index (χ1v) is 4.96. The molecule has 1 unspecified atom stereocenters. The summed E-state index contributed by atoms with van der Waals surface area (Å²) in [6, 6.07) is 0. The van der Waals surface area contributed by atoms with E-state index in [2.05, 4.69) is 5.32 Å². The van der Waals surface area contributed by atoms with Crippen LogP contribution in [0.1, 0.15) is 12.8 Å². The van der Waals surface area contributed by atoms with Crippen molar-refractivity contribution in [2.24, 2.45) is 11.7 Å². The molecule has 0 aromatic carbocycles. The van der Waals surface area contributed by atoms with Gasteiger partial charge in [0.25, 0.3) is 0 Å². The van der Waals surface area contributed by atoms with E-state index in [1.807, 2.05) is 0 Å². The number of carbonyl (C=O) groups is 1. The van der Waals surface area contributed by atoms with Crippen LogP contribution < -0.4 is 11.1 Å². The van der Waals surface area contributed by atoms with E-state index in [-0.39, 0.29) is 6.54 Å². The monoisotopic (exact) mass is 202 g/mol. The third-order valence-corrected chi connectivity index (χ3v) is 2.44. The Bertz CT molecular complexity index is 181. The zero-order valence-corrected chi connectivity index (χ0v) is 8.24. The van der Waals surface area contributed by atoms with Crippen molar-refractivity contribution in [3.63, 3.8) is 0 Å². The van der Waals surface area contributed by atoms with Gasteiger partial charge in [0, 0.05) is 19.8 Å². The van der Waals surface area contributed by atoms with Crippen molar-refractivity contribution in [1.82, 2.24) is 5.32 Å². The van der Waals surface area contributed by atoms with Gasteiger partial charge in [-0.05, 0) is 25.3 Å². The predicted octanol–water partition coefficient (Wildman–Crippen LogP) is -1.15. The van der Waals surface area contributed by atoms with Gasteiger partial charge < -0.3 is 20.9 Å². The Morgan fingerprint density at radius 2 is 2.21 bits per heavy atom. The molecule has 14 heavy (non-hydrogen) atoms. The van der Waals surface area contributed by atoms with Gasteiger partial charge in [0.05, 0.1) is 0 Å². The molecule has 0 spiro atoms. The van der Waals surface area contributed by atoms with Gasteiger partial charge in [0.1, 0.15) is 6.10 Å². The molecule has 0 aromatic rings. The van der Waals surface area contributed by atoms with Crippen LogP contribution in [0.4, 0.5) is 0 Å². The molecule has 1 heterocycles. The summed E-state index contributed by atoms with van der Waals surface area (Å²) in [6.07, 6.45) is 1.01. The lowest BCUT2D eigenvalue weighted by Crippen LogP contribution is -2.39. The maximum atomic E-state index is 10.5. The van der Waals surface area contributed by atoms with E-state index >= 15 is 0 Å². The van der Waals surface area contributed by atoms with Gasteiger partial charge in [0.2, 0.25) is 5.91 Å². The van der Waals surface area contributed by atoms with E-state index in [4.69, 9.17) is 15.6 Å². The van der Waals surface area contributed by atoms with Crippen molar-refractivity contribution in [2.75, 3.05) is 26.3 Å². The Kier molecular flexibility index (Phi) is 4.86. The fourth-order valence-electron chi connectivity index (χ4n) is 1.48. The first-order chi connectivity index (χ1) is 6.70. The average molecular weight is 202 g/mol. The number of ether oxygens (including phenoxy) is 1. The lowest BCUT2D eigenvalue weighted by Gasteiger charge is -2.22. The van der Waals surface area contributed by atoms with E-state index in [9.17, 15) is 4.79 Å². The summed E-state index contributed by atoms with van der Waals surface area (Å²) < 4.78 is 5.21. The van der Waals surface area contributed by atoms with Gasteiger partial charge in [0.15, 0.2) is 0 Å². The molecule has 0 aromatic heterocycles. The molecule has 82 valence electrons. The summed E-state index contributed by atoms with van der Waals surface area (Å²) in [5.41, 5.74) is 4.91. The zero-order valence-electron chi connectivity index (χ0n) is 8.24. The number of aliphatic hydroxyl groups is 1. The van der Waals surface area contributed by atoms with Crippen LogP contribution in [0.3, 0.4) is 0 Å². The van der Waals surface area contributed by atoms with Gasteiger partial charge in [-0.25, -0.2) is 0 Å². The lowest BCUT2D eigenvalue weighted by atomic mass is 10.0. The summed E-state index contributed by atoms with van der Waals surface area (Å²) in [7, 11) is 0. The fraction of sp³-hybridized carbons (Fsp3) is 0.889. The molecule has 4 N–H and O–H groups in total. The Hall–Kier alpha value is -0.650. The van der Waals surface area contributed by atoms with Crippen molar-refractivity contribution in [3.05, 3.63) is 0 Å². The number of carbonyl (C=O) groups excluding carboxylic acids is 1. The minimum atomic E-state index is -1.07. The van der Waals surface area contributed by atoms with E-state index in [0.29, 0.717) is 5.92 Å². The average Bonchev–Trinajstić information content (AvgIpc) is 2.19. The number of nitrogens with one attached hydrogen (secondary N) is 1. The molecule has 5 nitrogen and oxygen atoms in total. The number of nitrogens with two attached hydrogens (primary N) is 1. The molecule has 1 aliphatic heterocycles. The number of hydrogen-bond acceptors (Lipinski definition) is 4. The van der Waals surface area contributed by atoms with Crippen molar-refractivity contribution < 1.29 is 14.6 Å². The highest BCUT2D eigenvalue weighted by Gasteiger charge is 2.15. The summed E-state index contributed by atoms with van der Waals surface area (Å²) in [4.78, 5) is 10.5. The molecule has 0 bridgehead atoms. The van der Waals surface area contributed by atoms with E-state index < -0.39 is 12.0 Å². The van der Waals surface area contributed by atoms with Crippen LogP contribution in [0.2, 0.25) is 0 Å². The molecule has 1 aliphatic rings. The summed E-state index contributed by atoms with van der Waals surface area (Å²) in [6.45, 7) is 2.68. The lowest BCUT2D eigenvalue weighted by molar-refractivity contribution is -0.125. The van der Waals surface area contributed by atoms with Crippen LogP contribution >= 0.6 is 0 Å². The number of aliphatic hydroxyl groups excluding tert-OH is 1. The Morgan fingerprint density at radius 1 is 1.57 bits per heavy atom. The third kappa shape index (κ3) is 4.04. The number of hydrogen-bond donors (Lipinski definition) is 3. The molecule has 1 fully saturated rings. The second-order valence-electron chi connectivity index (χ2n) is 3.63. The van der Waals surface area contributed by atoms with E-state index in [1.54, 1.807) is 0 Å². The van der Waals surface area contributed by atoms with Crippen LogP contribution in [0.25, 0.3) is 0 Å². The summed E-state index contributed by atoms with van der Waals surface area (Å²) in [5, 5.41) is 12.1. The normalized spacial score (nSPS) is 20.6. The second kappa shape index (κ2) is 5.95. The molecule has 5 heteroatoms. The van der Waals surface area contributed by atoms with Crippen molar-refractivity contribution >= 4 is 5.91 Å². The Balaban J connectivity index is 2.05. The highest BCUT2D eigenvalue weighted by molar-refractivity contribution is 5.78. The van der Waals surface area contributed by atoms with Crippen molar-refractivity contribution in [3.8, 4) is 0 Å². The Morgan fingerprint density at radius 3 is 2.79 bits per heavy atom. The third-order valence-electron chi connectivity index (χ3n) is 2.44. The minimum absolute atomic E-state index is 0.243. The minimum Gasteiger partial charge on any atom is -0.382 e. The number of amides is 1. The molecular weight excluding hydrogens is 184 g/mol. The quantitative estimate of drug-likeness (QED) is 0.525. The van der Waals surface area contributed by atoms with E-state index in [1.165, 1.54) is 0 Å². The predicted molar refractivity (Wildman–Crippen MR) is 51.6 cm³/mol. The molecule has 1 saturated heterocycles. The first-order valence-electron chi connectivity index (χ1n) is 4.96. The molecule has 1 atom stereocenters. The molecule has 0 aliphatic carbocycles. The second-order valence-corrected chi connectivity index (χ2v) is 3.63. The first kappa shape index (κ1) is 11.4. The van der Waals surface area contributed by atoms with Crippen LogP contribution in [-0.4, -0.2) is 43.4 Å². The number of primary amides is 1.